The van der Waals surface area contributed by atoms with Gasteiger partial charge in [-0.05, 0) is 28.5 Å². The van der Waals surface area contributed by atoms with Crippen LogP contribution in [0.15, 0.2) is 29.0 Å². The van der Waals surface area contributed by atoms with Crippen LogP contribution >= 0.6 is 0 Å². The molecule has 1 aliphatic rings. The molecule has 3 aromatic rings. The molecule has 0 aliphatic carbocycles. The number of carbonyl (C=O) groups excluding carboxylic acids is 1. The zero-order chi connectivity index (χ0) is 16.7. The molecule has 2 atom stereocenters. The Bertz CT molecular complexity index is 888. The SMILES string of the molecule is CO[C@@H]1CN(C(=O)c2ccc3nonc3c2)C[C@H]1c1cn(C)nn1. The Morgan fingerprint density at radius 1 is 1.29 bits per heavy atom. The van der Waals surface area contributed by atoms with E-state index in [0.717, 1.165) is 5.69 Å². The number of aryl methyl sites for hydroxylation is 1. The number of ether oxygens (including phenoxy) is 1. The standard InChI is InChI=1S/C15H16N6O3/c1-20-7-13(16-19-20)10-6-21(8-14(10)23-2)15(22)9-3-4-11-12(5-9)18-24-17-11/h3-5,7,10,14H,6,8H2,1-2H3/t10-,14+/m0/s1. The molecule has 1 saturated heterocycles. The normalized spacial score (nSPS) is 20.8. The van der Waals surface area contributed by atoms with Gasteiger partial charge in [0.15, 0.2) is 0 Å². The van der Waals surface area contributed by atoms with E-state index in [1.165, 1.54) is 0 Å². The zero-order valence-corrected chi connectivity index (χ0v) is 13.3. The highest BCUT2D eigenvalue weighted by atomic mass is 16.6. The Morgan fingerprint density at radius 3 is 2.88 bits per heavy atom. The van der Waals surface area contributed by atoms with Gasteiger partial charge in [0.05, 0.1) is 17.7 Å². The molecule has 1 amide bonds. The molecule has 9 nitrogen and oxygen atoms in total. The summed E-state index contributed by atoms with van der Waals surface area (Å²) in [6.45, 7) is 1.04. The van der Waals surface area contributed by atoms with E-state index in [9.17, 15) is 4.79 Å². The molecule has 24 heavy (non-hydrogen) atoms. The number of hydrogen-bond donors (Lipinski definition) is 0. The van der Waals surface area contributed by atoms with Gasteiger partial charge in [-0.2, -0.15) is 0 Å². The van der Waals surface area contributed by atoms with Crippen LogP contribution in [0.1, 0.15) is 22.0 Å². The van der Waals surface area contributed by atoms with E-state index >= 15 is 0 Å². The Morgan fingerprint density at radius 2 is 2.12 bits per heavy atom. The van der Waals surface area contributed by atoms with Crippen molar-refractivity contribution in [3.63, 3.8) is 0 Å². The first-order chi connectivity index (χ1) is 11.7. The van der Waals surface area contributed by atoms with Gasteiger partial charge in [-0.25, -0.2) is 4.63 Å². The van der Waals surface area contributed by atoms with E-state index in [2.05, 4.69) is 25.3 Å². The van der Waals surface area contributed by atoms with E-state index in [4.69, 9.17) is 4.74 Å². The lowest BCUT2D eigenvalue weighted by atomic mass is 10.0. The van der Waals surface area contributed by atoms with E-state index in [-0.39, 0.29) is 17.9 Å². The second-order valence-corrected chi connectivity index (χ2v) is 5.88. The number of nitrogens with zero attached hydrogens (tertiary/aromatic N) is 6. The van der Waals surface area contributed by atoms with Crippen LogP contribution < -0.4 is 0 Å². The molecule has 9 heteroatoms. The number of carbonyl (C=O) groups is 1. The number of rotatable bonds is 3. The number of likely N-dealkylation sites (tertiary alicyclic amines) is 1. The lowest BCUT2D eigenvalue weighted by Gasteiger charge is -2.15. The van der Waals surface area contributed by atoms with Gasteiger partial charge in [-0.15, -0.1) is 5.10 Å². The lowest BCUT2D eigenvalue weighted by Crippen LogP contribution is -2.29. The van der Waals surface area contributed by atoms with Gasteiger partial charge in [0.2, 0.25) is 0 Å². The summed E-state index contributed by atoms with van der Waals surface area (Å²) in [6.07, 6.45) is 1.75. The molecule has 0 unspecified atom stereocenters. The van der Waals surface area contributed by atoms with Crippen molar-refractivity contribution >= 4 is 16.9 Å². The first-order valence-electron chi connectivity index (χ1n) is 7.56. The predicted octanol–water partition coefficient (Wildman–Crippen LogP) is 0.606. The van der Waals surface area contributed by atoms with Crippen LogP contribution in [0, 0.1) is 0 Å². The fraction of sp³-hybridized carbons (Fsp3) is 0.400. The van der Waals surface area contributed by atoms with Gasteiger partial charge in [0.25, 0.3) is 5.91 Å². The minimum absolute atomic E-state index is 0.00472. The van der Waals surface area contributed by atoms with Gasteiger partial charge >= 0.3 is 0 Å². The highest BCUT2D eigenvalue weighted by Gasteiger charge is 2.38. The molecule has 2 aromatic heterocycles. The van der Waals surface area contributed by atoms with Crippen molar-refractivity contribution in [2.75, 3.05) is 20.2 Å². The quantitative estimate of drug-likeness (QED) is 0.694. The van der Waals surface area contributed by atoms with Gasteiger partial charge in [-0.3, -0.25) is 9.48 Å². The lowest BCUT2D eigenvalue weighted by molar-refractivity contribution is 0.0714. The summed E-state index contributed by atoms with van der Waals surface area (Å²) in [5, 5.41) is 15.7. The van der Waals surface area contributed by atoms with Gasteiger partial charge in [0, 0.05) is 39.0 Å². The molecule has 3 heterocycles. The predicted molar refractivity (Wildman–Crippen MR) is 82.2 cm³/mol. The molecule has 0 N–H and O–H groups in total. The molecule has 0 saturated carbocycles. The zero-order valence-electron chi connectivity index (χ0n) is 13.3. The second kappa shape index (κ2) is 5.68. The summed E-state index contributed by atoms with van der Waals surface area (Å²) < 4.78 is 11.9. The van der Waals surface area contributed by atoms with Crippen molar-refractivity contribution in [2.24, 2.45) is 7.05 Å². The summed E-state index contributed by atoms with van der Waals surface area (Å²) >= 11 is 0. The smallest absolute Gasteiger partial charge is 0.254 e. The molecule has 1 fully saturated rings. The third-order valence-corrected chi connectivity index (χ3v) is 4.36. The number of methoxy groups -OCH3 is 1. The van der Waals surface area contributed by atoms with Crippen LogP contribution in [-0.4, -0.2) is 62.4 Å². The number of benzene rings is 1. The Balaban J connectivity index is 1.58. The van der Waals surface area contributed by atoms with E-state index in [0.29, 0.717) is 29.7 Å². The first kappa shape index (κ1) is 14.8. The monoisotopic (exact) mass is 328 g/mol. The Kier molecular flexibility index (Phi) is 3.49. The van der Waals surface area contributed by atoms with Crippen molar-refractivity contribution < 1.29 is 14.2 Å². The summed E-state index contributed by atoms with van der Waals surface area (Å²) in [5.74, 6) is -0.0709. The van der Waals surface area contributed by atoms with Crippen molar-refractivity contribution in [2.45, 2.75) is 12.0 Å². The number of hydrogen-bond acceptors (Lipinski definition) is 7. The molecule has 4 rings (SSSR count). The molecule has 0 spiro atoms. The molecular weight excluding hydrogens is 312 g/mol. The van der Waals surface area contributed by atoms with Crippen LogP contribution in [0.2, 0.25) is 0 Å². The largest absolute Gasteiger partial charge is 0.379 e. The Hall–Kier alpha value is -2.81. The van der Waals surface area contributed by atoms with Crippen molar-refractivity contribution in [1.29, 1.82) is 0 Å². The molecular formula is C15H16N6O3. The fourth-order valence-electron chi connectivity index (χ4n) is 3.10. The van der Waals surface area contributed by atoms with Crippen molar-refractivity contribution in [1.82, 2.24) is 30.2 Å². The van der Waals surface area contributed by atoms with Gasteiger partial charge in [0.1, 0.15) is 11.0 Å². The summed E-state index contributed by atoms with van der Waals surface area (Å²) in [5.41, 5.74) is 2.57. The van der Waals surface area contributed by atoms with Gasteiger partial charge in [-0.1, -0.05) is 5.21 Å². The van der Waals surface area contributed by atoms with Crippen molar-refractivity contribution in [3.8, 4) is 0 Å². The number of aromatic nitrogens is 5. The minimum Gasteiger partial charge on any atom is -0.379 e. The number of fused-ring (bicyclic) bond motifs is 1. The van der Waals surface area contributed by atoms with E-state index < -0.39 is 0 Å². The maximum atomic E-state index is 12.8. The third-order valence-electron chi connectivity index (χ3n) is 4.36. The maximum Gasteiger partial charge on any atom is 0.254 e. The number of amides is 1. The third kappa shape index (κ3) is 2.42. The highest BCUT2D eigenvalue weighted by Crippen LogP contribution is 2.29. The van der Waals surface area contributed by atoms with Crippen LogP contribution in [0.25, 0.3) is 11.0 Å². The average molecular weight is 328 g/mol. The summed E-state index contributed by atoms with van der Waals surface area (Å²) in [6, 6.07) is 5.14. The fourth-order valence-corrected chi connectivity index (χ4v) is 3.10. The Labute approximate surface area is 137 Å². The summed E-state index contributed by atoms with van der Waals surface area (Å²) in [7, 11) is 3.46. The molecule has 1 aromatic carbocycles. The maximum absolute atomic E-state index is 12.8. The topological polar surface area (TPSA) is 99.2 Å². The van der Waals surface area contributed by atoms with Crippen molar-refractivity contribution in [3.05, 3.63) is 35.7 Å². The van der Waals surface area contributed by atoms with Crippen LogP contribution in [0.3, 0.4) is 0 Å². The van der Waals surface area contributed by atoms with Crippen LogP contribution in [-0.2, 0) is 11.8 Å². The average Bonchev–Trinajstić information content (AvgIpc) is 3.31. The minimum atomic E-state index is -0.108. The van der Waals surface area contributed by atoms with Gasteiger partial charge < -0.3 is 9.64 Å². The second-order valence-electron chi connectivity index (χ2n) is 5.88. The van der Waals surface area contributed by atoms with Crippen LogP contribution in [0.5, 0.6) is 0 Å². The summed E-state index contributed by atoms with van der Waals surface area (Å²) in [4.78, 5) is 14.6. The highest BCUT2D eigenvalue weighted by molar-refractivity contribution is 5.97. The molecule has 0 radical (unpaired) electrons. The first-order valence-corrected chi connectivity index (χ1v) is 7.56. The van der Waals surface area contributed by atoms with E-state index in [1.807, 2.05) is 13.2 Å². The molecule has 0 bridgehead atoms. The molecule has 1 aliphatic heterocycles. The van der Waals surface area contributed by atoms with Crippen LogP contribution in [0.4, 0.5) is 0 Å². The van der Waals surface area contributed by atoms with E-state index in [1.54, 1.807) is 34.9 Å². The molecule has 124 valence electrons.